The summed E-state index contributed by atoms with van der Waals surface area (Å²) in [6.45, 7) is 0. The number of nitrogens with zero attached hydrogens (tertiary/aromatic N) is 2. The van der Waals surface area contributed by atoms with Gasteiger partial charge in [0.2, 0.25) is 0 Å². The molecule has 5 heteroatoms. The zero-order chi connectivity index (χ0) is 17.6. The normalized spacial score (nSPS) is 12.2. The Hall–Kier alpha value is -3.31. The number of azo groups is 1. The Morgan fingerprint density at radius 3 is 2.16 bits per heavy atom. The minimum absolute atomic E-state index is 0.139. The third kappa shape index (κ3) is 3.97. The molecule has 3 aromatic rings. The highest BCUT2D eigenvalue weighted by atomic mass is 16.3. The van der Waals surface area contributed by atoms with Crippen LogP contribution in [-0.2, 0) is 0 Å². The molecule has 0 amide bonds. The van der Waals surface area contributed by atoms with Crippen molar-refractivity contribution < 1.29 is 15.0 Å². The molecular formula is C20H16N2O3. The summed E-state index contributed by atoms with van der Waals surface area (Å²) in [6, 6.07) is 21.7. The highest BCUT2D eigenvalue weighted by Gasteiger charge is 2.21. The van der Waals surface area contributed by atoms with Gasteiger partial charge < -0.3 is 10.2 Å². The van der Waals surface area contributed by atoms with Crippen molar-refractivity contribution in [1.29, 1.82) is 0 Å². The molecule has 1 atom stereocenters. The lowest BCUT2D eigenvalue weighted by molar-refractivity contribution is 0.0748. The van der Waals surface area contributed by atoms with Crippen molar-refractivity contribution in [3.8, 4) is 5.75 Å². The van der Waals surface area contributed by atoms with Crippen LogP contribution in [0.3, 0.4) is 0 Å². The fourth-order valence-electron chi connectivity index (χ4n) is 2.33. The number of carbonyl (C=O) groups excluding carboxylic acids is 1. The Labute approximate surface area is 144 Å². The molecule has 0 fully saturated rings. The first-order valence-corrected chi connectivity index (χ1v) is 7.72. The first kappa shape index (κ1) is 16.5. The van der Waals surface area contributed by atoms with Gasteiger partial charge in [0.05, 0.1) is 11.4 Å². The van der Waals surface area contributed by atoms with Gasteiger partial charge >= 0.3 is 0 Å². The molecule has 2 N–H and O–H groups in total. The number of carbonyl (C=O) groups is 1. The number of phenols is 1. The van der Waals surface area contributed by atoms with E-state index in [9.17, 15) is 15.0 Å². The molecule has 0 aliphatic carbocycles. The van der Waals surface area contributed by atoms with Crippen LogP contribution >= 0.6 is 0 Å². The van der Waals surface area contributed by atoms with Crippen LogP contribution in [-0.4, -0.2) is 16.0 Å². The summed E-state index contributed by atoms with van der Waals surface area (Å²) < 4.78 is 0. The van der Waals surface area contributed by atoms with Crippen LogP contribution in [0.25, 0.3) is 0 Å². The number of rotatable bonds is 5. The molecule has 0 aliphatic rings. The smallest absolute Gasteiger partial charge is 0.198 e. The Kier molecular flexibility index (Phi) is 4.97. The topological polar surface area (TPSA) is 82.2 Å². The van der Waals surface area contributed by atoms with Crippen LogP contribution in [0.5, 0.6) is 5.75 Å². The van der Waals surface area contributed by atoms with Gasteiger partial charge in [-0.05, 0) is 42.0 Å². The molecule has 0 saturated carbocycles. The van der Waals surface area contributed by atoms with Crippen molar-refractivity contribution in [2.24, 2.45) is 10.2 Å². The Balaban J connectivity index is 1.88. The SMILES string of the molecule is O=C(c1ccccc1N=Nc1ccc(O)cc1)C(O)c1ccccc1. The maximum absolute atomic E-state index is 12.6. The lowest BCUT2D eigenvalue weighted by Crippen LogP contribution is -2.12. The van der Waals surface area contributed by atoms with E-state index in [1.165, 1.54) is 12.1 Å². The summed E-state index contributed by atoms with van der Waals surface area (Å²) >= 11 is 0. The molecule has 25 heavy (non-hydrogen) atoms. The maximum atomic E-state index is 12.6. The molecule has 3 rings (SSSR count). The van der Waals surface area contributed by atoms with Crippen molar-refractivity contribution in [2.45, 2.75) is 6.10 Å². The van der Waals surface area contributed by atoms with Crippen molar-refractivity contribution in [3.63, 3.8) is 0 Å². The number of benzene rings is 3. The zero-order valence-electron chi connectivity index (χ0n) is 13.3. The number of hydrogen-bond acceptors (Lipinski definition) is 5. The number of hydrogen-bond donors (Lipinski definition) is 2. The van der Waals surface area contributed by atoms with Gasteiger partial charge in [-0.1, -0.05) is 42.5 Å². The van der Waals surface area contributed by atoms with Crippen LogP contribution in [0.2, 0.25) is 0 Å². The minimum Gasteiger partial charge on any atom is -0.508 e. The number of aromatic hydroxyl groups is 1. The highest BCUT2D eigenvalue weighted by Crippen LogP contribution is 2.27. The first-order chi connectivity index (χ1) is 12.1. The van der Waals surface area contributed by atoms with Crippen molar-refractivity contribution in [2.75, 3.05) is 0 Å². The van der Waals surface area contributed by atoms with E-state index in [2.05, 4.69) is 10.2 Å². The van der Waals surface area contributed by atoms with Gasteiger partial charge in [0.25, 0.3) is 0 Å². The molecule has 0 bridgehead atoms. The summed E-state index contributed by atoms with van der Waals surface area (Å²) in [5.41, 5.74) is 1.73. The molecule has 3 aromatic carbocycles. The van der Waals surface area contributed by atoms with Gasteiger partial charge in [0, 0.05) is 5.56 Å². The Bertz CT molecular complexity index is 890. The number of ketones is 1. The average molecular weight is 332 g/mol. The molecular weight excluding hydrogens is 316 g/mol. The van der Waals surface area contributed by atoms with Crippen LogP contribution in [0.15, 0.2) is 89.1 Å². The van der Waals surface area contributed by atoms with Crippen molar-refractivity contribution in [1.82, 2.24) is 0 Å². The van der Waals surface area contributed by atoms with E-state index in [0.717, 1.165) is 0 Å². The van der Waals surface area contributed by atoms with E-state index < -0.39 is 11.9 Å². The third-order valence-corrected chi connectivity index (χ3v) is 3.66. The van der Waals surface area contributed by atoms with Gasteiger partial charge in [-0.25, -0.2) is 0 Å². The number of aliphatic hydroxyl groups excluding tert-OH is 1. The zero-order valence-corrected chi connectivity index (χ0v) is 13.3. The summed E-state index contributed by atoms with van der Waals surface area (Å²) in [5.74, 6) is -0.299. The largest absolute Gasteiger partial charge is 0.508 e. The second-order valence-electron chi connectivity index (χ2n) is 5.41. The molecule has 124 valence electrons. The molecule has 0 spiro atoms. The van der Waals surface area contributed by atoms with E-state index in [1.54, 1.807) is 60.7 Å². The van der Waals surface area contributed by atoms with Crippen molar-refractivity contribution >= 4 is 17.2 Å². The van der Waals surface area contributed by atoms with Gasteiger partial charge in [-0.2, -0.15) is 5.11 Å². The number of aliphatic hydroxyl groups is 1. The summed E-state index contributed by atoms with van der Waals surface area (Å²) in [6.07, 6.45) is -1.26. The van der Waals surface area contributed by atoms with E-state index >= 15 is 0 Å². The van der Waals surface area contributed by atoms with Crippen LogP contribution in [0, 0.1) is 0 Å². The fourth-order valence-corrected chi connectivity index (χ4v) is 2.33. The highest BCUT2D eigenvalue weighted by molar-refractivity contribution is 6.03. The minimum atomic E-state index is -1.26. The molecule has 0 saturated heterocycles. The first-order valence-electron chi connectivity index (χ1n) is 7.72. The molecule has 5 nitrogen and oxygen atoms in total. The fraction of sp³-hybridized carbons (Fsp3) is 0.0500. The lowest BCUT2D eigenvalue weighted by atomic mass is 9.99. The molecule has 0 radical (unpaired) electrons. The molecule has 1 unspecified atom stereocenters. The van der Waals surface area contributed by atoms with Gasteiger partial charge in [0.15, 0.2) is 5.78 Å². The van der Waals surface area contributed by atoms with Gasteiger partial charge in [-0.15, -0.1) is 5.11 Å². The van der Waals surface area contributed by atoms with E-state index in [4.69, 9.17) is 0 Å². The molecule has 0 heterocycles. The van der Waals surface area contributed by atoms with Gasteiger partial charge in [0.1, 0.15) is 11.9 Å². The van der Waals surface area contributed by atoms with E-state index in [1.807, 2.05) is 6.07 Å². The van der Waals surface area contributed by atoms with Gasteiger partial charge in [-0.3, -0.25) is 4.79 Å². The third-order valence-electron chi connectivity index (χ3n) is 3.66. The number of phenolic OH excluding ortho intramolecular Hbond substituents is 1. The van der Waals surface area contributed by atoms with Crippen LogP contribution in [0.4, 0.5) is 11.4 Å². The summed E-state index contributed by atoms with van der Waals surface area (Å²) in [5, 5.41) is 27.8. The maximum Gasteiger partial charge on any atom is 0.198 e. The van der Waals surface area contributed by atoms with E-state index in [-0.39, 0.29) is 5.75 Å². The monoisotopic (exact) mass is 332 g/mol. The average Bonchev–Trinajstić information content (AvgIpc) is 2.67. The Morgan fingerprint density at radius 2 is 1.44 bits per heavy atom. The standard InChI is InChI=1S/C20H16N2O3/c23-16-12-10-15(11-13-16)21-22-18-9-5-4-8-17(18)20(25)19(24)14-6-2-1-3-7-14/h1-13,19,23-24H. The predicted molar refractivity (Wildman–Crippen MR) is 94.5 cm³/mol. The lowest BCUT2D eigenvalue weighted by Gasteiger charge is -2.11. The second kappa shape index (κ2) is 7.51. The predicted octanol–water partition coefficient (Wildman–Crippen LogP) is 4.72. The van der Waals surface area contributed by atoms with E-state index in [0.29, 0.717) is 22.5 Å². The van der Waals surface area contributed by atoms with Crippen molar-refractivity contribution in [3.05, 3.63) is 90.0 Å². The second-order valence-corrected chi connectivity index (χ2v) is 5.41. The summed E-state index contributed by atoms with van der Waals surface area (Å²) in [7, 11) is 0. The molecule has 0 aromatic heterocycles. The number of Topliss-reactive ketones (excluding diaryl/α,β-unsaturated/α-hetero) is 1. The quantitative estimate of drug-likeness (QED) is 0.523. The van der Waals surface area contributed by atoms with Crippen LogP contribution < -0.4 is 0 Å². The summed E-state index contributed by atoms with van der Waals surface area (Å²) in [4.78, 5) is 12.6. The Morgan fingerprint density at radius 1 is 0.800 bits per heavy atom. The van der Waals surface area contributed by atoms with Crippen LogP contribution in [0.1, 0.15) is 22.0 Å². The molecule has 0 aliphatic heterocycles.